The van der Waals surface area contributed by atoms with Gasteiger partial charge in [-0.15, -0.1) is 11.3 Å². The van der Waals surface area contributed by atoms with E-state index in [1.54, 1.807) is 25.3 Å². The molecule has 0 bridgehead atoms. The van der Waals surface area contributed by atoms with Gasteiger partial charge >= 0.3 is 0 Å². The second kappa shape index (κ2) is 6.74. The van der Waals surface area contributed by atoms with Crippen LogP contribution >= 0.6 is 34.5 Å². The third-order valence-electron chi connectivity index (χ3n) is 3.27. The highest BCUT2D eigenvalue weighted by Gasteiger charge is 2.14. The highest BCUT2D eigenvalue weighted by molar-refractivity contribution is 7.15. The molecule has 1 N–H and O–H groups in total. The van der Waals surface area contributed by atoms with Crippen molar-refractivity contribution in [1.82, 2.24) is 4.98 Å². The monoisotopic (exact) mass is 366 g/mol. The molecule has 23 heavy (non-hydrogen) atoms. The molecule has 3 aromatic rings. The summed E-state index contributed by atoms with van der Waals surface area (Å²) in [5, 5.41) is 4.37. The SMILES string of the molecule is Cc1occc1C(=O)Nc1ncc(Cc2cccc(Cl)c2Cl)s1. The Hall–Kier alpha value is -1.82. The standard InChI is InChI=1S/C16H12Cl2N2O2S/c1-9-12(5-6-22-9)15(21)20-16-19-8-11(23-16)7-10-3-2-4-13(17)14(10)18/h2-6,8H,7H2,1H3,(H,19,20,21). The first-order valence-electron chi connectivity index (χ1n) is 6.77. The number of hydrogen-bond acceptors (Lipinski definition) is 4. The van der Waals surface area contributed by atoms with E-state index in [9.17, 15) is 4.79 Å². The van der Waals surface area contributed by atoms with Crippen molar-refractivity contribution in [3.8, 4) is 0 Å². The van der Waals surface area contributed by atoms with Gasteiger partial charge in [0.05, 0.1) is 21.9 Å². The van der Waals surface area contributed by atoms with Gasteiger partial charge in [-0.05, 0) is 24.6 Å². The first-order valence-corrected chi connectivity index (χ1v) is 8.35. The van der Waals surface area contributed by atoms with E-state index in [2.05, 4.69) is 10.3 Å². The van der Waals surface area contributed by atoms with Crippen molar-refractivity contribution in [2.75, 3.05) is 5.32 Å². The van der Waals surface area contributed by atoms with Crippen LogP contribution in [-0.2, 0) is 6.42 Å². The minimum absolute atomic E-state index is 0.238. The minimum atomic E-state index is -0.238. The van der Waals surface area contributed by atoms with Crippen molar-refractivity contribution < 1.29 is 9.21 Å². The number of thiazole rings is 1. The maximum Gasteiger partial charge on any atom is 0.260 e. The van der Waals surface area contributed by atoms with Crippen molar-refractivity contribution in [3.63, 3.8) is 0 Å². The molecule has 0 saturated carbocycles. The normalized spacial score (nSPS) is 10.7. The molecule has 0 aliphatic rings. The molecule has 7 heteroatoms. The number of rotatable bonds is 4. The summed E-state index contributed by atoms with van der Waals surface area (Å²) in [5.74, 6) is 0.336. The molecule has 0 atom stereocenters. The van der Waals surface area contributed by atoms with Crippen LogP contribution < -0.4 is 5.32 Å². The summed E-state index contributed by atoms with van der Waals surface area (Å²) in [6.45, 7) is 1.74. The van der Waals surface area contributed by atoms with Crippen molar-refractivity contribution in [1.29, 1.82) is 0 Å². The molecule has 0 spiro atoms. The lowest BCUT2D eigenvalue weighted by Crippen LogP contribution is -2.11. The van der Waals surface area contributed by atoms with Gasteiger partial charge in [0.25, 0.3) is 5.91 Å². The molecule has 0 saturated heterocycles. The van der Waals surface area contributed by atoms with Crippen LogP contribution in [0.3, 0.4) is 0 Å². The van der Waals surface area contributed by atoms with Crippen LogP contribution in [0.15, 0.2) is 41.1 Å². The van der Waals surface area contributed by atoms with E-state index in [0.717, 1.165) is 10.4 Å². The van der Waals surface area contributed by atoms with Gasteiger partial charge < -0.3 is 4.42 Å². The Morgan fingerprint density at radius 2 is 2.17 bits per heavy atom. The van der Waals surface area contributed by atoms with E-state index in [1.807, 2.05) is 12.1 Å². The predicted molar refractivity (Wildman–Crippen MR) is 92.8 cm³/mol. The summed E-state index contributed by atoms with van der Waals surface area (Å²) >= 11 is 13.6. The van der Waals surface area contributed by atoms with Gasteiger partial charge in [0, 0.05) is 17.5 Å². The molecule has 118 valence electrons. The number of carbonyl (C=O) groups is 1. The van der Waals surface area contributed by atoms with Gasteiger partial charge in [-0.25, -0.2) is 4.98 Å². The van der Waals surface area contributed by atoms with E-state index in [-0.39, 0.29) is 5.91 Å². The number of amides is 1. The number of halogens is 2. The lowest BCUT2D eigenvalue weighted by molar-refractivity contribution is 0.102. The van der Waals surface area contributed by atoms with Crippen LogP contribution in [0.4, 0.5) is 5.13 Å². The largest absolute Gasteiger partial charge is 0.469 e. The second-order valence-corrected chi connectivity index (χ2v) is 6.77. The van der Waals surface area contributed by atoms with Crippen LogP contribution in [0.25, 0.3) is 0 Å². The number of aryl methyl sites for hydroxylation is 1. The minimum Gasteiger partial charge on any atom is -0.469 e. The third kappa shape index (κ3) is 3.58. The highest BCUT2D eigenvalue weighted by Crippen LogP contribution is 2.29. The number of nitrogens with zero attached hydrogens (tertiary/aromatic N) is 1. The number of anilines is 1. The summed E-state index contributed by atoms with van der Waals surface area (Å²) in [4.78, 5) is 17.3. The lowest BCUT2D eigenvalue weighted by Gasteiger charge is -2.03. The van der Waals surface area contributed by atoms with E-state index in [4.69, 9.17) is 27.6 Å². The first-order chi connectivity index (χ1) is 11.0. The zero-order valence-electron chi connectivity index (χ0n) is 12.1. The molecule has 1 aromatic carbocycles. The molecule has 0 aliphatic carbocycles. The van der Waals surface area contributed by atoms with Crippen LogP contribution in [0.5, 0.6) is 0 Å². The number of furan rings is 1. The Balaban J connectivity index is 1.72. The molecule has 0 fully saturated rings. The maximum atomic E-state index is 12.1. The molecule has 0 radical (unpaired) electrons. The van der Waals surface area contributed by atoms with Crippen molar-refractivity contribution >= 4 is 45.6 Å². The smallest absolute Gasteiger partial charge is 0.260 e. The summed E-state index contributed by atoms with van der Waals surface area (Å²) in [5.41, 5.74) is 1.42. The van der Waals surface area contributed by atoms with Gasteiger partial charge in [-0.1, -0.05) is 35.3 Å². The molecule has 0 aliphatic heterocycles. The lowest BCUT2D eigenvalue weighted by atomic mass is 10.1. The average Bonchev–Trinajstić information content (AvgIpc) is 3.13. The van der Waals surface area contributed by atoms with Crippen molar-refractivity contribution in [2.45, 2.75) is 13.3 Å². The van der Waals surface area contributed by atoms with Crippen LogP contribution in [0, 0.1) is 6.92 Å². The fraction of sp³-hybridized carbons (Fsp3) is 0.125. The quantitative estimate of drug-likeness (QED) is 0.690. The zero-order valence-corrected chi connectivity index (χ0v) is 14.4. The van der Waals surface area contributed by atoms with E-state index < -0.39 is 0 Å². The molecular weight excluding hydrogens is 355 g/mol. The van der Waals surface area contributed by atoms with Gasteiger partial charge in [0.15, 0.2) is 5.13 Å². The van der Waals surface area contributed by atoms with Gasteiger partial charge in [-0.2, -0.15) is 0 Å². The Bertz CT molecular complexity index is 857. The average molecular weight is 367 g/mol. The summed E-state index contributed by atoms with van der Waals surface area (Å²) in [7, 11) is 0. The Morgan fingerprint density at radius 3 is 2.91 bits per heavy atom. The highest BCUT2D eigenvalue weighted by atomic mass is 35.5. The molecule has 1 amide bonds. The van der Waals surface area contributed by atoms with E-state index in [0.29, 0.717) is 32.9 Å². The molecule has 2 aromatic heterocycles. The first kappa shape index (κ1) is 16.1. The maximum absolute atomic E-state index is 12.1. The third-order valence-corrected chi connectivity index (χ3v) is 5.04. The molecular formula is C16H12Cl2N2O2S. The number of aromatic nitrogens is 1. The van der Waals surface area contributed by atoms with Crippen LogP contribution in [0.1, 0.15) is 26.6 Å². The predicted octanol–water partition coefficient (Wildman–Crippen LogP) is 5.19. The number of hydrogen-bond donors (Lipinski definition) is 1. The van der Waals surface area contributed by atoms with Crippen molar-refractivity contribution in [2.24, 2.45) is 0 Å². The van der Waals surface area contributed by atoms with E-state index >= 15 is 0 Å². The van der Waals surface area contributed by atoms with Gasteiger partial charge in [0.1, 0.15) is 5.76 Å². The van der Waals surface area contributed by atoms with Gasteiger partial charge in [-0.3, -0.25) is 10.1 Å². The van der Waals surface area contributed by atoms with E-state index in [1.165, 1.54) is 17.6 Å². The summed E-state index contributed by atoms with van der Waals surface area (Å²) in [6.07, 6.45) is 3.82. The summed E-state index contributed by atoms with van der Waals surface area (Å²) in [6, 6.07) is 7.15. The fourth-order valence-corrected chi connectivity index (χ4v) is 3.32. The zero-order chi connectivity index (χ0) is 16.4. The van der Waals surface area contributed by atoms with Gasteiger partial charge in [0.2, 0.25) is 0 Å². The summed E-state index contributed by atoms with van der Waals surface area (Å²) < 4.78 is 5.13. The number of nitrogens with one attached hydrogen (secondary N) is 1. The van der Waals surface area contributed by atoms with Crippen LogP contribution in [0.2, 0.25) is 10.0 Å². The Morgan fingerprint density at radius 1 is 1.35 bits per heavy atom. The molecule has 2 heterocycles. The number of benzene rings is 1. The topological polar surface area (TPSA) is 55.1 Å². The molecule has 3 rings (SSSR count). The number of carbonyl (C=O) groups excluding carboxylic acids is 1. The molecule has 0 unspecified atom stereocenters. The Labute approximate surface area is 147 Å². The second-order valence-electron chi connectivity index (χ2n) is 4.87. The van der Waals surface area contributed by atoms with Crippen molar-refractivity contribution in [3.05, 3.63) is 68.5 Å². The fourth-order valence-electron chi connectivity index (χ4n) is 2.10. The Kier molecular flexibility index (Phi) is 4.71. The molecule has 4 nitrogen and oxygen atoms in total. The van der Waals surface area contributed by atoms with Crippen LogP contribution in [-0.4, -0.2) is 10.9 Å².